The molecule has 2 nitrogen and oxygen atoms in total. The Hall–Kier alpha value is -1.46. The minimum absolute atomic E-state index is 0.279. The molecule has 0 aliphatic rings. The molecule has 0 saturated heterocycles. The summed E-state index contributed by atoms with van der Waals surface area (Å²) in [6.07, 6.45) is -1.17. The first-order valence-electron chi connectivity index (χ1n) is 6.33. The summed E-state index contributed by atoms with van der Waals surface area (Å²) in [6.45, 7) is 1.91. The van der Waals surface area contributed by atoms with Crippen molar-refractivity contribution in [2.75, 3.05) is 0 Å². The van der Waals surface area contributed by atoms with Crippen molar-refractivity contribution in [1.82, 2.24) is 4.98 Å². The predicted octanol–water partition coefficient (Wildman–Crippen LogP) is 5.67. The van der Waals surface area contributed by atoms with Crippen molar-refractivity contribution >= 4 is 23.2 Å². The van der Waals surface area contributed by atoms with Crippen molar-refractivity contribution < 1.29 is 17.9 Å². The summed E-state index contributed by atoms with van der Waals surface area (Å²) >= 11 is 12.3. The molecule has 0 spiro atoms. The van der Waals surface area contributed by atoms with E-state index in [1.165, 1.54) is 36.7 Å². The summed E-state index contributed by atoms with van der Waals surface area (Å²) in [5.74, 6) is 0.537. The highest BCUT2D eigenvalue weighted by Crippen LogP contribution is 2.37. The van der Waals surface area contributed by atoms with E-state index in [0.717, 1.165) is 5.92 Å². The maximum Gasteiger partial charge on any atom is 0.573 e. The van der Waals surface area contributed by atoms with E-state index < -0.39 is 6.36 Å². The molecule has 0 unspecified atom stereocenters. The third-order valence-electron chi connectivity index (χ3n) is 2.95. The summed E-state index contributed by atoms with van der Waals surface area (Å²) in [6, 6.07) is 5.57. The Bertz CT molecular complexity index is 624. The van der Waals surface area contributed by atoms with Gasteiger partial charge < -0.3 is 4.74 Å². The molecule has 0 aliphatic heterocycles. The average molecular weight is 349 g/mol. The van der Waals surface area contributed by atoms with Crippen molar-refractivity contribution in [3.8, 4) is 5.75 Å². The van der Waals surface area contributed by atoms with Crippen LogP contribution >= 0.6 is 23.2 Å². The maximum atomic E-state index is 12.2. The monoisotopic (exact) mass is 348 g/mol. The molecule has 2 rings (SSSR count). The number of nitrogens with zero attached hydrogens (tertiary/aromatic N) is 1. The number of alkyl halides is 3. The first-order chi connectivity index (χ1) is 10.3. The van der Waals surface area contributed by atoms with Gasteiger partial charge in [0.1, 0.15) is 5.75 Å². The largest absolute Gasteiger partial charge is 0.573 e. The van der Waals surface area contributed by atoms with Gasteiger partial charge in [0, 0.05) is 23.9 Å². The van der Waals surface area contributed by atoms with E-state index >= 15 is 0 Å². The summed E-state index contributed by atoms with van der Waals surface area (Å²) in [7, 11) is 0. The number of halogens is 5. The van der Waals surface area contributed by atoms with Gasteiger partial charge in [-0.2, -0.15) is 0 Å². The van der Waals surface area contributed by atoms with Gasteiger partial charge in [-0.3, -0.25) is 4.98 Å². The van der Waals surface area contributed by atoms with Gasteiger partial charge in [0.25, 0.3) is 0 Å². The van der Waals surface area contributed by atoms with Crippen LogP contribution in [-0.4, -0.2) is 11.3 Å². The Morgan fingerprint density at radius 1 is 1.09 bits per heavy atom. The fourth-order valence-electron chi connectivity index (χ4n) is 2.08. The smallest absolute Gasteiger partial charge is 0.406 e. The number of hydrogen-bond donors (Lipinski definition) is 0. The van der Waals surface area contributed by atoms with Crippen LogP contribution in [0.3, 0.4) is 0 Å². The molecular weight excluding hydrogens is 338 g/mol. The number of benzene rings is 1. The summed E-state index contributed by atoms with van der Waals surface area (Å²) < 4.78 is 40.4. The van der Waals surface area contributed by atoms with Crippen molar-refractivity contribution in [1.29, 1.82) is 0 Å². The zero-order valence-corrected chi connectivity index (χ0v) is 12.9. The normalized spacial score (nSPS) is 11.8. The van der Waals surface area contributed by atoms with E-state index in [1.807, 2.05) is 6.92 Å². The highest BCUT2D eigenvalue weighted by Gasteiger charge is 2.31. The van der Waals surface area contributed by atoms with Gasteiger partial charge in [-0.1, -0.05) is 42.3 Å². The Morgan fingerprint density at radius 2 is 1.64 bits per heavy atom. The summed E-state index contributed by atoms with van der Waals surface area (Å²) in [4.78, 5) is 3.89. The molecule has 0 amide bonds. The van der Waals surface area contributed by atoms with E-state index in [0.29, 0.717) is 27.6 Å². The van der Waals surface area contributed by atoms with E-state index in [-0.39, 0.29) is 5.75 Å². The minimum Gasteiger partial charge on any atom is -0.406 e. The highest BCUT2D eigenvalue weighted by atomic mass is 35.5. The van der Waals surface area contributed by atoms with Gasteiger partial charge in [0.2, 0.25) is 0 Å². The molecule has 1 aromatic heterocycles. The molecule has 0 fully saturated rings. The van der Waals surface area contributed by atoms with Gasteiger partial charge in [-0.15, -0.1) is 13.2 Å². The minimum atomic E-state index is -4.71. The zero-order valence-electron chi connectivity index (χ0n) is 11.4. The number of aromatic nitrogens is 1. The van der Waals surface area contributed by atoms with E-state index in [2.05, 4.69) is 9.72 Å². The third kappa shape index (κ3) is 4.05. The molecule has 22 heavy (non-hydrogen) atoms. The topological polar surface area (TPSA) is 22.1 Å². The van der Waals surface area contributed by atoms with Crippen molar-refractivity contribution in [2.24, 2.45) is 0 Å². The molecule has 0 N–H and O–H groups in total. The highest BCUT2D eigenvalue weighted by molar-refractivity contribution is 6.36. The quantitative estimate of drug-likeness (QED) is 0.710. The van der Waals surface area contributed by atoms with Gasteiger partial charge in [0.05, 0.1) is 10.0 Å². The van der Waals surface area contributed by atoms with Gasteiger partial charge in [-0.25, -0.2) is 0 Å². The lowest BCUT2D eigenvalue weighted by Crippen LogP contribution is -2.17. The molecule has 0 saturated carbocycles. The molecule has 1 heterocycles. The van der Waals surface area contributed by atoms with Crippen LogP contribution in [0, 0.1) is 5.92 Å². The maximum absolute atomic E-state index is 12.2. The van der Waals surface area contributed by atoms with Crippen molar-refractivity contribution in [2.45, 2.75) is 19.7 Å². The fraction of sp³-hybridized carbons (Fsp3) is 0.200. The molecule has 2 aromatic rings. The second-order valence-corrected chi connectivity index (χ2v) is 5.20. The van der Waals surface area contributed by atoms with Gasteiger partial charge in [-0.05, 0) is 24.1 Å². The predicted molar refractivity (Wildman–Crippen MR) is 79.1 cm³/mol. The van der Waals surface area contributed by atoms with E-state index in [9.17, 15) is 13.2 Å². The van der Waals surface area contributed by atoms with Crippen LogP contribution in [-0.2, 0) is 0 Å². The molecule has 0 aliphatic carbocycles. The van der Waals surface area contributed by atoms with Crippen LogP contribution in [0.2, 0.25) is 10.0 Å². The second kappa shape index (κ2) is 6.75. The Labute approximate surface area is 135 Å². The van der Waals surface area contributed by atoms with Crippen molar-refractivity contribution in [3.05, 3.63) is 63.7 Å². The lowest BCUT2D eigenvalue weighted by Gasteiger charge is -2.18. The van der Waals surface area contributed by atoms with Gasteiger partial charge >= 0.3 is 6.36 Å². The van der Waals surface area contributed by atoms with Crippen LogP contribution in [0.4, 0.5) is 13.2 Å². The van der Waals surface area contributed by atoms with Crippen LogP contribution in [0.1, 0.15) is 24.5 Å². The van der Waals surface area contributed by atoms with Crippen LogP contribution in [0.15, 0.2) is 36.7 Å². The first-order valence-corrected chi connectivity index (χ1v) is 7.08. The molecule has 0 atom stereocenters. The SMILES string of the molecule is CC[C](c1ccc(OC(F)(F)F)cc1)c1c(Cl)cncc1Cl. The fourth-order valence-corrected chi connectivity index (χ4v) is 2.68. The molecule has 1 aromatic carbocycles. The number of hydrogen-bond acceptors (Lipinski definition) is 2. The van der Waals surface area contributed by atoms with Crippen LogP contribution in [0.5, 0.6) is 5.75 Å². The third-order valence-corrected chi connectivity index (χ3v) is 3.52. The molecule has 0 bridgehead atoms. The lowest BCUT2D eigenvalue weighted by molar-refractivity contribution is -0.274. The number of ether oxygens (including phenoxy) is 1. The molecule has 7 heteroatoms. The Morgan fingerprint density at radius 3 is 2.09 bits per heavy atom. The number of rotatable bonds is 4. The molecular formula is C15H11Cl2F3NO. The average Bonchev–Trinajstić information content (AvgIpc) is 2.42. The summed E-state index contributed by atoms with van der Waals surface area (Å²) in [5, 5.41) is 0.778. The Balaban J connectivity index is 2.32. The van der Waals surface area contributed by atoms with Crippen LogP contribution < -0.4 is 4.74 Å². The first kappa shape index (κ1) is 16.9. The second-order valence-electron chi connectivity index (χ2n) is 4.38. The van der Waals surface area contributed by atoms with Crippen LogP contribution in [0.25, 0.3) is 0 Å². The van der Waals surface area contributed by atoms with Gasteiger partial charge in [0.15, 0.2) is 0 Å². The standard InChI is InChI=1S/C15H11Cl2F3NO/c1-2-11(14-12(16)7-21-8-13(14)17)9-3-5-10(6-4-9)22-15(18,19)20/h3-8H,2H2,1H3. The van der Waals surface area contributed by atoms with E-state index in [4.69, 9.17) is 23.2 Å². The zero-order chi connectivity index (χ0) is 16.3. The molecule has 117 valence electrons. The molecule has 1 radical (unpaired) electrons. The Kier molecular flexibility index (Phi) is 5.19. The summed E-state index contributed by atoms with van der Waals surface area (Å²) in [5.41, 5.74) is 1.34. The number of pyridine rings is 1. The van der Waals surface area contributed by atoms with Crippen molar-refractivity contribution in [3.63, 3.8) is 0 Å². The lowest BCUT2D eigenvalue weighted by atomic mass is 9.89. The van der Waals surface area contributed by atoms with E-state index in [1.54, 1.807) is 0 Å².